The van der Waals surface area contributed by atoms with Crippen LogP contribution in [-0.2, 0) is 18.0 Å². The number of Topliss-reactive ketones (excluding diaryl/α,β-unsaturated/α-hetero) is 1. The van der Waals surface area contributed by atoms with Crippen LogP contribution in [0.25, 0.3) is 0 Å². The van der Waals surface area contributed by atoms with Gasteiger partial charge >= 0.3 is 0 Å². The third-order valence-electron chi connectivity index (χ3n) is 3.09. The quantitative estimate of drug-likeness (QED) is 0.749. The summed E-state index contributed by atoms with van der Waals surface area (Å²) in [7, 11) is 0. The number of nitriles is 1. The van der Waals surface area contributed by atoms with Gasteiger partial charge in [0, 0.05) is 5.56 Å². The number of hydrogen-bond donors (Lipinski definition) is 0. The molecule has 88 valence electrons. The second-order valence-corrected chi connectivity index (χ2v) is 4.69. The van der Waals surface area contributed by atoms with Crippen LogP contribution in [0.4, 0.5) is 0 Å². The number of fused-ring (bicyclic) bond motifs is 1. The minimum absolute atomic E-state index is 0.0389. The average Bonchev–Trinajstić information content (AvgIpc) is 2.75. The van der Waals surface area contributed by atoms with E-state index in [1.54, 1.807) is 6.07 Å². The zero-order valence-corrected chi connectivity index (χ0v) is 10.1. The first-order valence-corrected chi connectivity index (χ1v) is 5.77. The molecule has 0 aliphatic carbocycles. The summed E-state index contributed by atoms with van der Waals surface area (Å²) in [5, 5.41) is 9.03. The van der Waals surface area contributed by atoms with Crippen LogP contribution in [0.5, 0.6) is 0 Å². The lowest BCUT2D eigenvalue weighted by Gasteiger charge is -2.12. The highest BCUT2D eigenvalue weighted by Gasteiger charge is 2.24. The van der Waals surface area contributed by atoms with Crippen LogP contribution in [0.15, 0.2) is 18.2 Å². The van der Waals surface area contributed by atoms with Crippen LogP contribution in [0, 0.1) is 23.2 Å². The minimum Gasteiger partial charge on any atom is -0.372 e. The van der Waals surface area contributed by atoms with E-state index < -0.39 is 5.92 Å². The van der Waals surface area contributed by atoms with Crippen LogP contribution in [0.2, 0.25) is 0 Å². The van der Waals surface area contributed by atoms with Crippen LogP contribution < -0.4 is 0 Å². The van der Waals surface area contributed by atoms with E-state index in [1.807, 2.05) is 26.0 Å². The molecule has 1 unspecified atom stereocenters. The number of ketones is 1. The maximum Gasteiger partial charge on any atom is 0.180 e. The second-order valence-electron chi connectivity index (χ2n) is 4.69. The molecule has 0 saturated carbocycles. The Balaban J connectivity index is 2.29. The fourth-order valence-corrected chi connectivity index (χ4v) is 2.02. The van der Waals surface area contributed by atoms with Gasteiger partial charge in [-0.15, -0.1) is 0 Å². The van der Waals surface area contributed by atoms with Gasteiger partial charge in [0.25, 0.3) is 0 Å². The van der Waals surface area contributed by atoms with Gasteiger partial charge in [0.1, 0.15) is 5.92 Å². The molecule has 17 heavy (non-hydrogen) atoms. The topological polar surface area (TPSA) is 50.1 Å². The van der Waals surface area contributed by atoms with Crippen LogP contribution in [-0.4, -0.2) is 5.78 Å². The molecule has 2 rings (SSSR count). The van der Waals surface area contributed by atoms with Gasteiger partial charge in [0.05, 0.1) is 19.3 Å². The maximum absolute atomic E-state index is 12.2. The molecule has 0 fully saturated rings. The van der Waals surface area contributed by atoms with Crippen molar-refractivity contribution in [3.8, 4) is 6.07 Å². The van der Waals surface area contributed by atoms with Gasteiger partial charge in [-0.05, 0) is 23.1 Å². The highest BCUT2D eigenvalue weighted by molar-refractivity contribution is 5.99. The first kappa shape index (κ1) is 11.8. The number of benzene rings is 1. The Bertz CT molecular complexity index is 485. The molecule has 1 heterocycles. The first-order chi connectivity index (χ1) is 8.13. The van der Waals surface area contributed by atoms with E-state index >= 15 is 0 Å². The first-order valence-electron chi connectivity index (χ1n) is 5.77. The molecular weight excluding hydrogens is 214 g/mol. The molecule has 0 radical (unpaired) electrons. The third kappa shape index (κ3) is 2.22. The summed E-state index contributed by atoms with van der Waals surface area (Å²) in [6, 6.07) is 7.66. The third-order valence-corrected chi connectivity index (χ3v) is 3.09. The lowest BCUT2D eigenvalue weighted by Crippen LogP contribution is -2.18. The van der Waals surface area contributed by atoms with Crippen molar-refractivity contribution in [1.82, 2.24) is 0 Å². The lowest BCUT2D eigenvalue weighted by molar-refractivity contribution is 0.0924. The smallest absolute Gasteiger partial charge is 0.180 e. The normalized spacial score (nSPS) is 15.4. The Kier molecular flexibility index (Phi) is 3.26. The summed E-state index contributed by atoms with van der Waals surface area (Å²) in [5.74, 6) is -0.607. The molecular formula is C14H15NO2. The molecule has 0 bridgehead atoms. The summed E-state index contributed by atoms with van der Waals surface area (Å²) in [6.45, 7) is 4.97. The molecule has 1 aromatic carbocycles. The fraction of sp³-hybridized carbons (Fsp3) is 0.429. The predicted molar refractivity (Wildman–Crippen MR) is 63.2 cm³/mol. The van der Waals surface area contributed by atoms with Gasteiger partial charge in [-0.3, -0.25) is 4.79 Å². The van der Waals surface area contributed by atoms with Gasteiger partial charge in [0.2, 0.25) is 0 Å². The highest BCUT2D eigenvalue weighted by Crippen LogP contribution is 2.23. The molecule has 1 aliphatic heterocycles. The zero-order chi connectivity index (χ0) is 12.4. The monoisotopic (exact) mass is 229 g/mol. The summed E-state index contributed by atoms with van der Waals surface area (Å²) in [4.78, 5) is 12.2. The predicted octanol–water partition coefficient (Wildman–Crippen LogP) is 2.70. The van der Waals surface area contributed by atoms with E-state index in [-0.39, 0.29) is 11.7 Å². The number of carbonyl (C=O) groups excluding carboxylic acids is 1. The molecule has 0 amide bonds. The summed E-state index contributed by atoms with van der Waals surface area (Å²) >= 11 is 0. The van der Waals surface area contributed by atoms with Gasteiger partial charge in [-0.25, -0.2) is 0 Å². The van der Waals surface area contributed by atoms with Crippen molar-refractivity contribution in [1.29, 1.82) is 5.26 Å². The maximum atomic E-state index is 12.2. The van der Waals surface area contributed by atoms with E-state index in [1.165, 1.54) is 0 Å². The molecule has 0 N–H and O–H groups in total. The van der Waals surface area contributed by atoms with E-state index in [0.29, 0.717) is 18.8 Å². The molecule has 0 aromatic heterocycles. The Morgan fingerprint density at radius 2 is 2.06 bits per heavy atom. The summed E-state index contributed by atoms with van der Waals surface area (Å²) in [5.41, 5.74) is 2.82. The van der Waals surface area contributed by atoms with Crippen LogP contribution in [0.1, 0.15) is 35.3 Å². The van der Waals surface area contributed by atoms with E-state index in [2.05, 4.69) is 6.07 Å². The number of ether oxygens (including phenoxy) is 1. The summed E-state index contributed by atoms with van der Waals surface area (Å²) < 4.78 is 5.31. The van der Waals surface area contributed by atoms with Crippen molar-refractivity contribution < 1.29 is 9.53 Å². The fourth-order valence-electron chi connectivity index (χ4n) is 2.02. The van der Waals surface area contributed by atoms with E-state index in [9.17, 15) is 4.79 Å². The van der Waals surface area contributed by atoms with Crippen molar-refractivity contribution >= 4 is 5.78 Å². The molecule has 3 nitrogen and oxygen atoms in total. The van der Waals surface area contributed by atoms with Crippen molar-refractivity contribution in [2.45, 2.75) is 27.1 Å². The molecule has 0 saturated heterocycles. The number of nitrogens with zero attached hydrogens (tertiary/aromatic N) is 1. The molecule has 1 aliphatic rings. The standard InChI is InChI=1S/C14H15NO2/c1-9(2)13(6-15)14(16)10-3-4-11-7-17-8-12(11)5-10/h3-5,9,13H,7-8H2,1-2H3. The molecule has 1 aromatic rings. The Morgan fingerprint density at radius 3 is 2.71 bits per heavy atom. The zero-order valence-electron chi connectivity index (χ0n) is 10.1. The second kappa shape index (κ2) is 4.68. The van der Waals surface area contributed by atoms with Crippen LogP contribution >= 0.6 is 0 Å². The van der Waals surface area contributed by atoms with Gasteiger partial charge in [0.15, 0.2) is 5.78 Å². The number of rotatable bonds is 3. The molecule has 0 spiro atoms. The Hall–Kier alpha value is -1.66. The molecule has 1 atom stereocenters. The Labute approximate surface area is 101 Å². The van der Waals surface area contributed by atoms with Gasteiger partial charge in [-0.1, -0.05) is 26.0 Å². The highest BCUT2D eigenvalue weighted by atomic mass is 16.5. The SMILES string of the molecule is CC(C)C(C#N)C(=O)c1ccc2c(c1)COC2. The van der Waals surface area contributed by atoms with E-state index in [0.717, 1.165) is 11.1 Å². The van der Waals surface area contributed by atoms with Crippen molar-refractivity contribution in [2.75, 3.05) is 0 Å². The number of carbonyl (C=O) groups is 1. The minimum atomic E-state index is -0.560. The van der Waals surface area contributed by atoms with E-state index in [4.69, 9.17) is 10.00 Å². The lowest BCUT2D eigenvalue weighted by atomic mass is 9.88. The Morgan fingerprint density at radius 1 is 1.35 bits per heavy atom. The van der Waals surface area contributed by atoms with Crippen LogP contribution in [0.3, 0.4) is 0 Å². The number of hydrogen-bond acceptors (Lipinski definition) is 3. The van der Waals surface area contributed by atoms with Crippen molar-refractivity contribution in [2.24, 2.45) is 11.8 Å². The van der Waals surface area contributed by atoms with Gasteiger partial charge in [-0.2, -0.15) is 5.26 Å². The van der Waals surface area contributed by atoms with Crippen molar-refractivity contribution in [3.05, 3.63) is 34.9 Å². The van der Waals surface area contributed by atoms with Crippen molar-refractivity contribution in [3.63, 3.8) is 0 Å². The molecule has 3 heteroatoms. The largest absolute Gasteiger partial charge is 0.372 e. The van der Waals surface area contributed by atoms with Gasteiger partial charge < -0.3 is 4.74 Å². The average molecular weight is 229 g/mol. The summed E-state index contributed by atoms with van der Waals surface area (Å²) in [6.07, 6.45) is 0.